The van der Waals surface area contributed by atoms with Crippen molar-refractivity contribution in [1.82, 2.24) is 9.55 Å². The highest BCUT2D eigenvalue weighted by molar-refractivity contribution is 5.67. The quantitative estimate of drug-likeness (QED) is 0.375. The lowest BCUT2D eigenvalue weighted by atomic mass is 10.1. The number of hydrogen-bond acceptors (Lipinski definition) is 5. The van der Waals surface area contributed by atoms with Crippen LogP contribution in [0.4, 0.5) is 0 Å². The molecule has 1 aromatic heterocycles. The van der Waals surface area contributed by atoms with Crippen LogP contribution < -0.4 is 5.69 Å². The molecule has 0 aliphatic rings. The average molecular weight is 358 g/mol. The van der Waals surface area contributed by atoms with Crippen molar-refractivity contribution >= 4 is 5.97 Å². The Morgan fingerprint density at radius 3 is 2.68 bits per heavy atom. The first kappa shape index (κ1) is 21.2. The summed E-state index contributed by atoms with van der Waals surface area (Å²) in [6.45, 7) is 2.45. The van der Waals surface area contributed by atoms with Crippen LogP contribution in [0.3, 0.4) is 0 Å². The number of aromatic nitrogens is 2. The van der Waals surface area contributed by atoms with Gasteiger partial charge in [0.05, 0.1) is 11.8 Å². The molecule has 25 heavy (non-hydrogen) atoms. The summed E-state index contributed by atoms with van der Waals surface area (Å²) in [4.78, 5) is 24.6. The normalized spacial score (nSPS) is 12.4. The first-order valence-electron chi connectivity index (χ1n) is 8.94. The number of carboxylic acids is 1. The lowest BCUT2D eigenvalue weighted by Gasteiger charge is -2.12. The minimum absolute atomic E-state index is 0.142. The molecule has 0 radical (unpaired) electrons. The molecular formula is C17H30N2O6. The van der Waals surface area contributed by atoms with Gasteiger partial charge >= 0.3 is 11.7 Å². The fourth-order valence-electron chi connectivity index (χ4n) is 2.69. The van der Waals surface area contributed by atoms with Gasteiger partial charge in [0.1, 0.15) is 6.61 Å². The molecule has 0 saturated heterocycles. The molecule has 4 N–H and O–H groups in total. The van der Waals surface area contributed by atoms with Crippen LogP contribution in [0.25, 0.3) is 0 Å². The van der Waals surface area contributed by atoms with Gasteiger partial charge in [-0.2, -0.15) is 0 Å². The summed E-state index contributed by atoms with van der Waals surface area (Å²) in [6.07, 6.45) is 5.64. The highest BCUT2D eigenvalue weighted by Gasteiger charge is 2.14. The van der Waals surface area contributed by atoms with Crippen LogP contribution in [0.1, 0.15) is 57.6 Å². The molecular weight excluding hydrogens is 328 g/mol. The minimum atomic E-state index is -1.00. The Labute approximate surface area is 147 Å². The molecule has 8 heteroatoms. The van der Waals surface area contributed by atoms with E-state index in [1.54, 1.807) is 0 Å². The predicted molar refractivity (Wildman–Crippen MR) is 92.9 cm³/mol. The van der Waals surface area contributed by atoms with Crippen molar-refractivity contribution in [2.45, 2.75) is 70.9 Å². The van der Waals surface area contributed by atoms with E-state index in [1.165, 1.54) is 4.57 Å². The smallest absolute Gasteiger partial charge is 0.329 e. The maximum Gasteiger partial charge on any atom is 0.329 e. The Kier molecular flexibility index (Phi) is 9.94. The van der Waals surface area contributed by atoms with Gasteiger partial charge in [-0.3, -0.25) is 9.55 Å². The molecule has 1 unspecified atom stereocenters. The number of carbonyl (C=O) groups is 1. The number of aromatic amines is 1. The third-order valence-electron chi connectivity index (χ3n) is 4.07. The second kappa shape index (κ2) is 11.7. The Morgan fingerprint density at radius 1 is 1.24 bits per heavy atom. The van der Waals surface area contributed by atoms with E-state index in [1.807, 2.05) is 0 Å². The van der Waals surface area contributed by atoms with E-state index in [9.17, 15) is 19.8 Å². The summed E-state index contributed by atoms with van der Waals surface area (Å²) in [5.74, 6) is -1.15. The van der Waals surface area contributed by atoms with Crippen molar-refractivity contribution in [3.8, 4) is 5.88 Å². The summed E-state index contributed by atoms with van der Waals surface area (Å²) in [6, 6.07) is 0. The van der Waals surface area contributed by atoms with E-state index in [0.29, 0.717) is 44.5 Å². The fourth-order valence-corrected chi connectivity index (χ4v) is 2.69. The van der Waals surface area contributed by atoms with E-state index in [-0.39, 0.29) is 18.2 Å². The number of hydrogen-bond donors (Lipinski definition) is 4. The van der Waals surface area contributed by atoms with Crippen LogP contribution in [0.15, 0.2) is 4.79 Å². The zero-order chi connectivity index (χ0) is 18.7. The number of nitrogens with one attached hydrogen (secondary N) is 1. The molecule has 0 fully saturated rings. The van der Waals surface area contributed by atoms with E-state index in [2.05, 4.69) is 11.9 Å². The van der Waals surface area contributed by atoms with E-state index < -0.39 is 12.1 Å². The van der Waals surface area contributed by atoms with Crippen molar-refractivity contribution in [3.63, 3.8) is 0 Å². The SMILES string of the molecule is CCCCCC(O)CCn1c(CCCCOCC(=O)O)c(O)[nH]c1=O. The van der Waals surface area contributed by atoms with Gasteiger partial charge in [0.2, 0.25) is 5.88 Å². The van der Waals surface area contributed by atoms with Gasteiger partial charge in [0.25, 0.3) is 0 Å². The largest absolute Gasteiger partial charge is 0.493 e. The van der Waals surface area contributed by atoms with E-state index in [4.69, 9.17) is 9.84 Å². The van der Waals surface area contributed by atoms with Crippen molar-refractivity contribution in [2.24, 2.45) is 0 Å². The molecule has 0 aliphatic heterocycles. The van der Waals surface area contributed by atoms with Gasteiger partial charge in [-0.05, 0) is 32.1 Å². The number of rotatable bonds is 14. The third kappa shape index (κ3) is 8.22. The lowest BCUT2D eigenvalue weighted by Crippen LogP contribution is -2.22. The highest BCUT2D eigenvalue weighted by atomic mass is 16.5. The Hall–Kier alpha value is -1.80. The maximum atomic E-state index is 11.9. The van der Waals surface area contributed by atoms with Gasteiger partial charge in [-0.15, -0.1) is 0 Å². The number of unbranched alkanes of at least 4 members (excludes halogenated alkanes) is 3. The summed E-state index contributed by atoms with van der Waals surface area (Å²) in [5, 5.41) is 28.3. The topological polar surface area (TPSA) is 125 Å². The van der Waals surface area contributed by atoms with Crippen LogP contribution in [-0.2, 0) is 22.5 Å². The molecule has 0 saturated carbocycles. The Balaban J connectivity index is 2.44. The molecule has 0 amide bonds. The minimum Gasteiger partial charge on any atom is -0.493 e. The first-order chi connectivity index (χ1) is 12.0. The molecule has 0 bridgehead atoms. The molecule has 1 aromatic rings. The van der Waals surface area contributed by atoms with Crippen molar-refractivity contribution in [1.29, 1.82) is 0 Å². The molecule has 144 valence electrons. The van der Waals surface area contributed by atoms with Gasteiger partial charge in [-0.25, -0.2) is 9.59 Å². The average Bonchev–Trinajstić information content (AvgIpc) is 2.82. The monoisotopic (exact) mass is 358 g/mol. The zero-order valence-electron chi connectivity index (χ0n) is 14.9. The summed E-state index contributed by atoms with van der Waals surface area (Å²) < 4.78 is 6.42. The van der Waals surface area contributed by atoms with Crippen molar-refractivity contribution in [2.75, 3.05) is 13.2 Å². The number of imidazole rings is 1. The third-order valence-corrected chi connectivity index (χ3v) is 4.07. The van der Waals surface area contributed by atoms with Crippen LogP contribution in [-0.4, -0.2) is 50.2 Å². The van der Waals surface area contributed by atoms with Gasteiger partial charge in [-0.1, -0.05) is 26.2 Å². The predicted octanol–water partition coefficient (Wildman–Crippen LogP) is 1.64. The van der Waals surface area contributed by atoms with Crippen LogP contribution >= 0.6 is 0 Å². The molecule has 0 aromatic carbocycles. The van der Waals surface area contributed by atoms with Crippen LogP contribution in [0, 0.1) is 0 Å². The molecule has 8 nitrogen and oxygen atoms in total. The highest BCUT2D eigenvalue weighted by Crippen LogP contribution is 2.16. The second-order valence-electron chi connectivity index (χ2n) is 6.22. The Morgan fingerprint density at radius 2 is 2.00 bits per heavy atom. The van der Waals surface area contributed by atoms with Crippen molar-refractivity contribution in [3.05, 3.63) is 16.2 Å². The fraction of sp³-hybridized carbons (Fsp3) is 0.765. The Bertz CT molecular complexity index is 566. The number of aliphatic hydroxyl groups is 1. The van der Waals surface area contributed by atoms with Crippen molar-refractivity contribution < 1.29 is 24.9 Å². The maximum absolute atomic E-state index is 11.9. The van der Waals surface area contributed by atoms with Gasteiger partial charge < -0.3 is 20.1 Å². The number of nitrogens with zero attached hydrogens (tertiary/aromatic N) is 1. The molecule has 1 heterocycles. The van der Waals surface area contributed by atoms with E-state index >= 15 is 0 Å². The lowest BCUT2D eigenvalue weighted by molar-refractivity contribution is -0.142. The van der Waals surface area contributed by atoms with Crippen LogP contribution in [0.5, 0.6) is 5.88 Å². The molecule has 0 spiro atoms. The number of aromatic hydroxyl groups is 1. The molecule has 1 rings (SSSR count). The number of aliphatic hydroxyl groups excluding tert-OH is 1. The number of H-pyrrole nitrogens is 1. The number of aliphatic carboxylic acids is 1. The standard InChI is InChI=1S/C17H30N2O6/c1-2-3-4-7-13(20)9-10-19-14(16(23)18-17(19)24)8-5-6-11-25-12-15(21)22/h13,20,23H,2-12H2,1H3,(H,18,24)(H,21,22). The summed E-state index contributed by atoms with van der Waals surface area (Å²) >= 11 is 0. The summed E-state index contributed by atoms with van der Waals surface area (Å²) in [7, 11) is 0. The molecule has 0 aliphatic carbocycles. The first-order valence-corrected chi connectivity index (χ1v) is 8.94. The molecule has 1 atom stereocenters. The zero-order valence-corrected chi connectivity index (χ0v) is 14.9. The van der Waals surface area contributed by atoms with Gasteiger partial charge in [0, 0.05) is 13.2 Å². The number of carboxylic acid groups (broad SMARTS) is 1. The van der Waals surface area contributed by atoms with Crippen LogP contribution in [0.2, 0.25) is 0 Å². The second-order valence-corrected chi connectivity index (χ2v) is 6.22. The van der Waals surface area contributed by atoms with E-state index in [0.717, 1.165) is 25.7 Å². The summed E-state index contributed by atoms with van der Waals surface area (Å²) in [5.41, 5.74) is 0.138. The van der Waals surface area contributed by atoms with Gasteiger partial charge in [0.15, 0.2) is 0 Å². The number of ether oxygens (including phenoxy) is 1.